The number of hydrogen-bond acceptors (Lipinski definition) is 5. The molecule has 0 bridgehead atoms. The van der Waals surface area contributed by atoms with Crippen LogP contribution in [0.4, 0.5) is 14.9 Å². The predicted molar refractivity (Wildman–Crippen MR) is 92.8 cm³/mol. The molecule has 0 aliphatic carbocycles. The second-order valence-electron chi connectivity index (χ2n) is 6.61. The molecule has 2 aliphatic rings. The van der Waals surface area contributed by atoms with E-state index in [1.165, 1.54) is 12.1 Å². The van der Waals surface area contributed by atoms with Crippen LogP contribution in [0.5, 0.6) is 0 Å². The molecule has 4 N–H and O–H groups in total. The highest BCUT2D eigenvalue weighted by Crippen LogP contribution is 2.48. The minimum Gasteiger partial charge on any atom is -0.477 e. The number of anilines is 1. The molecule has 2 atom stereocenters. The van der Waals surface area contributed by atoms with Crippen LogP contribution in [0.25, 0.3) is 0 Å². The molecule has 3 rings (SSSR count). The molecule has 27 heavy (non-hydrogen) atoms. The lowest BCUT2D eigenvalue weighted by Gasteiger charge is -2.47. The van der Waals surface area contributed by atoms with Gasteiger partial charge in [0.2, 0.25) is 0 Å². The van der Waals surface area contributed by atoms with E-state index in [2.05, 4.69) is 0 Å². The van der Waals surface area contributed by atoms with Crippen LogP contribution in [0, 0.1) is 5.82 Å². The van der Waals surface area contributed by atoms with Gasteiger partial charge in [0.25, 0.3) is 10.0 Å². The topological polar surface area (TPSA) is 141 Å². The monoisotopic (exact) mass is 399 g/mol. The van der Waals surface area contributed by atoms with E-state index in [1.54, 1.807) is 6.92 Å². The van der Waals surface area contributed by atoms with Crippen molar-refractivity contribution >= 4 is 27.8 Å². The van der Waals surface area contributed by atoms with Crippen molar-refractivity contribution in [2.24, 2.45) is 5.73 Å². The van der Waals surface area contributed by atoms with Gasteiger partial charge in [0.1, 0.15) is 11.4 Å². The molecular weight excluding hydrogens is 381 g/mol. The van der Waals surface area contributed by atoms with Crippen molar-refractivity contribution in [1.82, 2.24) is 4.90 Å². The quantitative estimate of drug-likeness (QED) is 0.677. The molecule has 1 aromatic rings. The Labute approximate surface area is 154 Å². The van der Waals surface area contributed by atoms with Crippen molar-refractivity contribution in [3.8, 4) is 0 Å². The number of benzene rings is 1. The highest BCUT2D eigenvalue weighted by molar-refractivity contribution is 7.98. The number of rotatable bonds is 2. The lowest BCUT2D eigenvalue weighted by molar-refractivity contribution is -0.131. The van der Waals surface area contributed by atoms with Crippen molar-refractivity contribution < 1.29 is 32.6 Å². The van der Waals surface area contributed by atoms with Crippen LogP contribution in [0.1, 0.15) is 19.8 Å². The average Bonchev–Trinajstić information content (AvgIpc) is 2.69. The Balaban J connectivity index is 2.22. The maximum atomic E-state index is 13.8. The van der Waals surface area contributed by atoms with Crippen LogP contribution in [0.15, 0.2) is 34.9 Å². The van der Waals surface area contributed by atoms with Gasteiger partial charge in [0.05, 0.1) is 11.4 Å². The highest BCUT2D eigenvalue weighted by atomic mass is 32.2. The number of amides is 1. The molecule has 0 saturated carbocycles. The van der Waals surface area contributed by atoms with Crippen molar-refractivity contribution in [3.63, 3.8) is 0 Å². The fourth-order valence-electron chi connectivity index (χ4n) is 3.93. The molecule has 1 spiro atoms. The number of carboxylic acids is 1. The number of nitrogens with two attached hydrogens (primary N) is 1. The van der Waals surface area contributed by atoms with E-state index < -0.39 is 44.4 Å². The van der Waals surface area contributed by atoms with Gasteiger partial charge in [-0.3, -0.25) is 4.31 Å². The van der Waals surface area contributed by atoms with Gasteiger partial charge < -0.3 is 20.8 Å². The summed E-state index contributed by atoms with van der Waals surface area (Å²) in [6.45, 7) is 1.53. The normalized spacial score (nSPS) is 27.3. The van der Waals surface area contributed by atoms with Gasteiger partial charge in [-0.15, -0.1) is 0 Å². The Hall–Kier alpha value is -2.82. The molecule has 2 aliphatic heterocycles. The molecule has 2 heterocycles. The zero-order valence-electron chi connectivity index (χ0n) is 14.3. The molecule has 1 saturated heterocycles. The molecular formula is C16H18FN3O6S. The standard InChI is InChI=1S/C16H18FN3O6S/c1-9-8-16(5-6-19(9)15(23)24)13(18)12(14(21)22)27(25,26)20(16)11-4-2-3-10(17)7-11/h2-4,7,9H,5-6,8,18H2,1H3,(H,21,22)(H,23,24)/t9-,16+/m0/s1. The van der Waals surface area contributed by atoms with E-state index in [0.29, 0.717) is 0 Å². The van der Waals surface area contributed by atoms with E-state index in [4.69, 9.17) is 5.73 Å². The number of nitrogens with zero attached hydrogens (tertiary/aromatic N) is 2. The van der Waals surface area contributed by atoms with E-state index in [0.717, 1.165) is 21.3 Å². The molecule has 11 heteroatoms. The van der Waals surface area contributed by atoms with Gasteiger partial charge in [0, 0.05) is 12.6 Å². The van der Waals surface area contributed by atoms with Gasteiger partial charge in [-0.1, -0.05) is 6.07 Å². The number of carbonyl (C=O) groups is 2. The Kier molecular flexibility index (Phi) is 4.29. The first kappa shape index (κ1) is 19.0. The second kappa shape index (κ2) is 6.12. The second-order valence-corrected chi connectivity index (χ2v) is 8.33. The van der Waals surface area contributed by atoms with E-state index in [1.807, 2.05) is 0 Å². The van der Waals surface area contributed by atoms with Gasteiger partial charge in [-0.25, -0.2) is 22.4 Å². The first-order valence-electron chi connectivity index (χ1n) is 8.06. The van der Waals surface area contributed by atoms with Crippen LogP contribution in [-0.4, -0.2) is 53.7 Å². The Morgan fingerprint density at radius 2 is 2.00 bits per heavy atom. The highest BCUT2D eigenvalue weighted by Gasteiger charge is 2.59. The Morgan fingerprint density at radius 3 is 2.52 bits per heavy atom. The van der Waals surface area contributed by atoms with E-state index in [9.17, 15) is 32.6 Å². The number of halogens is 1. The molecule has 9 nitrogen and oxygen atoms in total. The summed E-state index contributed by atoms with van der Waals surface area (Å²) in [5.74, 6) is -2.41. The molecule has 0 unspecified atom stereocenters. The maximum Gasteiger partial charge on any atom is 0.407 e. The fourth-order valence-corrected chi connectivity index (χ4v) is 5.92. The Bertz CT molecular complexity index is 963. The molecule has 0 aromatic heterocycles. The van der Waals surface area contributed by atoms with E-state index in [-0.39, 0.29) is 30.8 Å². The lowest BCUT2D eigenvalue weighted by Crippen LogP contribution is -2.59. The lowest BCUT2D eigenvalue weighted by atomic mass is 9.80. The molecule has 146 valence electrons. The van der Waals surface area contributed by atoms with Gasteiger partial charge >= 0.3 is 12.1 Å². The van der Waals surface area contributed by atoms with Crippen molar-refractivity contribution in [2.45, 2.75) is 31.3 Å². The summed E-state index contributed by atoms with van der Waals surface area (Å²) in [6, 6.07) is 4.12. The van der Waals surface area contributed by atoms with Crippen molar-refractivity contribution in [2.75, 3.05) is 10.8 Å². The first-order valence-corrected chi connectivity index (χ1v) is 9.50. The third-order valence-electron chi connectivity index (χ3n) is 5.05. The largest absolute Gasteiger partial charge is 0.477 e. The summed E-state index contributed by atoms with van der Waals surface area (Å²) in [7, 11) is -4.56. The minimum absolute atomic E-state index is 0.0502. The van der Waals surface area contributed by atoms with Crippen LogP contribution in [0.3, 0.4) is 0 Å². The van der Waals surface area contributed by atoms with Crippen LogP contribution in [-0.2, 0) is 14.8 Å². The van der Waals surface area contributed by atoms with Crippen LogP contribution < -0.4 is 10.0 Å². The molecule has 1 aromatic carbocycles. The summed E-state index contributed by atoms with van der Waals surface area (Å²) in [4.78, 5) is 23.2. The number of aliphatic carboxylic acids is 1. The summed E-state index contributed by atoms with van der Waals surface area (Å²) in [5, 5.41) is 18.7. The number of likely N-dealkylation sites (tertiary alicyclic amines) is 1. The smallest absolute Gasteiger partial charge is 0.407 e. The predicted octanol–water partition coefficient (Wildman–Crippen LogP) is 1.13. The SMILES string of the molecule is C[C@H]1C[C@]2(CCN1C(=O)O)C(N)=C(C(=O)O)S(=O)(=O)N2c1cccc(F)c1. The average molecular weight is 399 g/mol. The minimum atomic E-state index is -4.56. The number of sulfonamides is 1. The van der Waals surface area contributed by atoms with Gasteiger partial charge in [-0.2, -0.15) is 0 Å². The van der Waals surface area contributed by atoms with Gasteiger partial charge in [0.15, 0.2) is 4.91 Å². The summed E-state index contributed by atoms with van der Waals surface area (Å²) in [5.41, 5.74) is 4.12. The molecule has 1 fully saturated rings. The zero-order valence-corrected chi connectivity index (χ0v) is 15.1. The zero-order chi connectivity index (χ0) is 20.1. The first-order chi connectivity index (χ1) is 12.5. The third kappa shape index (κ3) is 2.69. The summed E-state index contributed by atoms with van der Waals surface area (Å²) < 4.78 is 40.6. The van der Waals surface area contributed by atoms with E-state index >= 15 is 0 Å². The van der Waals surface area contributed by atoms with Crippen molar-refractivity contribution in [3.05, 3.63) is 40.7 Å². The summed E-state index contributed by atoms with van der Waals surface area (Å²) in [6.07, 6.45) is -1.28. The van der Waals surface area contributed by atoms with Crippen molar-refractivity contribution in [1.29, 1.82) is 0 Å². The summed E-state index contributed by atoms with van der Waals surface area (Å²) >= 11 is 0. The molecule has 0 radical (unpaired) electrons. The number of carboxylic acid groups (broad SMARTS) is 2. The van der Waals surface area contributed by atoms with Crippen LogP contribution in [0.2, 0.25) is 0 Å². The third-order valence-corrected chi connectivity index (χ3v) is 7.00. The fraction of sp³-hybridized carbons (Fsp3) is 0.375. The van der Waals surface area contributed by atoms with Crippen LogP contribution >= 0.6 is 0 Å². The van der Waals surface area contributed by atoms with Gasteiger partial charge in [-0.05, 0) is 38.0 Å². The number of piperidine rings is 1. The molecule has 1 amide bonds. The number of hydrogen-bond donors (Lipinski definition) is 3. The maximum absolute atomic E-state index is 13.8. The Morgan fingerprint density at radius 1 is 1.33 bits per heavy atom.